The molecule has 0 aliphatic heterocycles. The molecule has 4 N–H and O–H groups in total. The first-order valence-electron chi connectivity index (χ1n) is 12.2. The van der Waals surface area contributed by atoms with Gasteiger partial charge in [-0.05, 0) is 37.8 Å². The standard InChI is InChI=1S/C24H37N7O3/c1-2-3-12-26-22-29-23(31-24(30-22)28-20-10-7-11-20)27-14-16-34-18-17-33-15-13-25-21(32)19-8-5-4-6-9-19/h4-6,8-9,20H,2-3,7,10-18H2,1H3,(H,25,32)(H3,26,27,28,29,30,31). The van der Waals surface area contributed by atoms with Gasteiger partial charge in [0.1, 0.15) is 0 Å². The summed E-state index contributed by atoms with van der Waals surface area (Å²) in [7, 11) is 0. The van der Waals surface area contributed by atoms with Gasteiger partial charge in [0, 0.05) is 31.2 Å². The van der Waals surface area contributed by atoms with Crippen LogP contribution in [0.25, 0.3) is 0 Å². The Hall–Kier alpha value is -2.98. The highest BCUT2D eigenvalue weighted by atomic mass is 16.5. The number of rotatable bonds is 17. The first-order valence-corrected chi connectivity index (χ1v) is 12.2. The Morgan fingerprint density at radius 3 is 2.18 bits per heavy atom. The summed E-state index contributed by atoms with van der Waals surface area (Å²) in [4.78, 5) is 25.4. The first-order chi connectivity index (χ1) is 16.7. The largest absolute Gasteiger partial charge is 0.377 e. The second-order valence-corrected chi connectivity index (χ2v) is 8.13. The van der Waals surface area contributed by atoms with Gasteiger partial charge in [-0.2, -0.15) is 15.0 Å². The van der Waals surface area contributed by atoms with E-state index in [0.717, 1.165) is 32.2 Å². The van der Waals surface area contributed by atoms with E-state index in [9.17, 15) is 4.79 Å². The van der Waals surface area contributed by atoms with Crippen molar-refractivity contribution in [3.8, 4) is 0 Å². The maximum atomic E-state index is 11.9. The monoisotopic (exact) mass is 471 g/mol. The van der Waals surface area contributed by atoms with Crippen LogP contribution in [-0.2, 0) is 9.47 Å². The van der Waals surface area contributed by atoms with Crippen molar-refractivity contribution in [2.45, 2.75) is 45.1 Å². The van der Waals surface area contributed by atoms with Gasteiger partial charge in [-0.15, -0.1) is 0 Å². The van der Waals surface area contributed by atoms with Gasteiger partial charge in [0.15, 0.2) is 0 Å². The second-order valence-electron chi connectivity index (χ2n) is 8.13. The van der Waals surface area contributed by atoms with Crippen molar-refractivity contribution in [1.82, 2.24) is 20.3 Å². The van der Waals surface area contributed by atoms with Gasteiger partial charge in [-0.3, -0.25) is 4.79 Å². The summed E-state index contributed by atoms with van der Waals surface area (Å²) in [6.45, 7) is 5.91. The molecule has 0 spiro atoms. The van der Waals surface area contributed by atoms with Crippen molar-refractivity contribution < 1.29 is 14.3 Å². The number of nitrogens with one attached hydrogen (secondary N) is 4. The van der Waals surface area contributed by atoms with E-state index in [1.165, 1.54) is 6.42 Å². The highest BCUT2D eigenvalue weighted by Gasteiger charge is 2.19. The number of nitrogens with zero attached hydrogens (tertiary/aromatic N) is 3. The molecule has 1 amide bonds. The summed E-state index contributed by atoms with van der Waals surface area (Å²) in [5.74, 6) is 1.63. The molecule has 3 rings (SSSR count). The molecular formula is C24H37N7O3. The molecule has 10 heteroatoms. The van der Waals surface area contributed by atoms with Crippen LogP contribution in [0.2, 0.25) is 0 Å². The molecular weight excluding hydrogens is 434 g/mol. The number of unbranched alkanes of at least 4 members (excludes halogenated alkanes) is 1. The Bertz CT molecular complexity index is 850. The number of aromatic nitrogens is 3. The lowest BCUT2D eigenvalue weighted by Gasteiger charge is -2.26. The summed E-state index contributed by atoms with van der Waals surface area (Å²) in [6, 6.07) is 9.58. The number of ether oxygens (including phenoxy) is 2. The Kier molecular flexibility index (Phi) is 11.3. The smallest absolute Gasteiger partial charge is 0.251 e. The molecule has 1 heterocycles. The van der Waals surface area contributed by atoms with Gasteiger partial charge in [0.25, 0.3) is 5.91 Å². The fourth-order valence-electron chi connectivity index (χ4n) is 3.20. The molecule has 0 saturated heterocycles. The Balaban J connectivity index is 1.26. The molecule has 1 aromatic carbocycles. The molecule has 1 aliphatic carbocycles. The summed E-state index contributed by atoms with van der Waals surface area (Å²) in [6.07, 6.45) is 5.73. The number of carbonyl (C=O) groups excluding carboxylic acids is 1. The van der Waals surface area contributed by atoms with Crippen LogP contribution in [0, 0.1) is 0 Å². The van der Waals surface area contributed by atoms with E-state index in [-0.39, 0.29) is 5.91 Å². The minimum atomic E-state index is -0.0976. The first kappa shape index (κ1) is 25.6. The lowest BCUT2D eigenvalue weighted by atomic mass is 9.93. The van der Waals surface area contributed by atoms with Gasteiger partial charge >= 0.3 is 0 Å². The molecule has 10 nitrogen and oxygen atoms in total. The van der Waals surface area contributed by atoms with Crippen LogP contribution in [0.4, 0.5) is 17.8 Å². The maximum Gasteiger partial charge on any atom is 0.251 e. The maximum absolute atomic E-state index is 11.9. The van der Waals surface area contributed by atoms with E-state index in [1.54, 1.807) is 12.1 Å². The van der Waals surface area contributed by atoms with Crippen molar-refractivity contribution in [3.05, 3.63) is 35.9 Å². The molecule has 0 bridgehead atoms. The summed E-state index contributed by atoms with van der Waals surface area (Å²) < 4.78 is 11.1. The number of amides is 1. The number of carbonyl (C=O) groups is 1. The summed E-state index contributed by atoms with van der Waals surface area (Å²) in [5, 5.41) is 12.7. The minimum Gasteiger partial charge on any atom is -0.377 e. The van der Waals surface area contributed by atoms with Gasteiger partial charge in [0.05, 0.1) is 26.4 Å². The Labute approximate surface area is 201 Å². The fourth-order valence-corrected chi connectivity index (χ4v) is 3.20. The normalized spacial score (nSPS) is 13.2. The van der Waals surface area contributed by atoms with Crippen molar-refractivity contribution in [1.29, 1.82) is 0 Å². The van der Waals surface area contributed by atoms with Crippen molar-refractivity contribution in [2.24, 2.45) is 0 Å². The zero-order valence-electron chi connectivity index (χ0n) is 20.0. The van der Waals surface area contributed by atoms with Gasteiger partial charge in [-0.25, -0.2) is 0 Å². The molecule has 186 valence electrons. The van der Waals surface area contributed by atoms with E-state index in [0.29, 0.717) is 69.0 Å². The zero-order valence-corrected chi connectivity index (χ0v) is 20.0. The molecule has 1 fully saturated rings. The number of benzene rings is 1. The van der Waals surface area contributed by atoms with Crippen LogP contribution >= 0.6 is 0 Å². The van der Waals surface area contributed by atoms with Gasteiger partial charge in [-0.1, -0.05) is 31.5 Å². The van der Waals surface area contributed by atoms with Crippen LogP contribution in [0.1, 0.15) is 49.4 Å². The third kappa shape index (κ3) is 9.48. The lowest BCUT2D eigenvalue weighted by molar-refractivity contribution is 0.0519. The van der Waals surface area contributed by atoms with E-state index >= 15 is 0 Å². The average molecular weight is 472 g/mol. The molecule has 0 atom stereocenters. The number of anilines is 3. The molecule has 0 radical (unpaired) electrons. The predicted octanol–water partition coefficient (Wildman–Crippen LogP) is 2.92. The van der Waals surface area contributed by atoms with Crippen molar-refractivity contribution >= 4 is 23.8 Å². The van der Waals surface area contributed by atoms with Crippen molar-refractivity contribution in [2.75, 3.05) is 62.0 Å². The van der Waals surface area contributed by atoms with Crippen LogP contribution in [0.5, 0.6) is 0 Å². The lowest BCUT2D eigenvalue weighted by Crippen LogP contribution is -2.28. The number of hydrogen-bond donors (Lipinski definition) is 4. The summed E-state index contributed by atoms with van der Waals surface area (Å²) >= 11 is 0. The quantitative estimate of drug-likeness (QED) is 0.258. The summed E-state index contributed by atoms with van der Waals surface area (Å²) in [5.41, 5.74) is 0.645. The van der Waals surface area contributed by atoms with Crippen LogP contribution < -0.4 is 21.3 Å². The van der Waals surface area contributed by atoms with Crippen LogP contribution in [0.15, 0.2) is 30.3 Å². The number of hydrogen-bond acceptors (Lipinski definition) is 9. The molecule has 1 aliphatic rings. The van der Waals surface area contributed by atoms with Crippen LogP contribution in [0.3, 0.4) is 0 Å². The van der Waals surface area contributed by atoms with Gasteiger partial charge in [0.2, 0.25) is 17.8 Å². The van der Waals surface area contributed by atoms with E-state index < -0.39 is 0 Å². The fraction of sp³-hybridized carbons (Fsp3) is 0.583. The third-order valence-electron chi connectivity index (χ3n) is 5.36. The SMILES string of the molecule is CCCCNc1nc(NCCOCCOCCNC(=O)c2ccccc2)nc(NC2CCC2)n1. The highest BCUT2D eigenvalue weighted by molar-refractivity contribution is 5.94. The van der Waals surface area contributed by atoms with E-state index in [2.05, 4.69) is 43.1 Å². The van der Waals surface area contributed by atoms with Crippen LogP contribution in [-0.4, -0.2) is 73.0 Å². The highest BCUT2D eigenvalue weighted by Crippen LogP contribution is 2.22. The van der Waals surface area contributed by atoms with Gasteiger partial charge < -0.3 is 30.7 Å². The Morgan fingerprint density at radius 2 is 1.53 bits per heavy atom. The van der Waals surface area contributed by atoms with Crippen molar-refractivity contribution in [3.63, 3.8) is 0 Å². The van der Waals surface area contributed by atoms with E-state index in [1.807, 2.05) is 18.2 Å². The molecule has 0 unspecified atom stereocenters. The molecule has 1 saturated carbocycles. The average Bonchev–Trinajstić information content (AvgIpc) is 2.83. The second kappa shape index (κ2) is 15.0. The predicted molar refractivity (Wildman–Crippen MR) is 133 cm³/mol. The topological polar surface area (TPSA) is 122 Å². The third-order valence-corrected chi connectivity index (χ3v) is 5.36. The zero-order chi connectivity index (χ0) is 23.8. The van der Waals surface area contributed by atoms with E-state index in [4.69, 9.17) is 9.47 Å². The minimum absolute atomic E-state index is 0.0976. The Morgan fingerprint density at radius 1 is 0.882 bits per heavy atom. The molecule has 34 heavy (non-hydrogen) atoms. The molecule has 2 aromatic rings. The molecule has 1 aromatic heterocycles.